The Hall–Kier alpha value is -2.90. The van der Waals surface area contributed by atoms with Crippen molar-refractivity contribution >= 4 is 21.6 Å². The summed E-state index contributed by atoms with van der Waals surface area (Å²) in [7, 11) is -2.09. The maximum absolute atomic E-state index is 12.8. The Labute approximate surface area is 164 Å². The predicted octanol–water partition coefficient (Wildman–Crippen LogP) is 3.97. The number of hydrogen-bond donors (Lipinski definition) is 1. The number of hydrogen-bond acceptors (Lipinski definition) is 4. The van der Waals surface area contributed by atoms with Crippen LogP contribution in [0.15, 0.2) is 70.0 Å². The third-order valence-electron chi connectivity index (χ3n) is 4.35. The molecule has 7 heteroatoms. The quantitative estimate of drug-likeness (QED) is 0.681. The molecule has 146 valence electrons. The molecule has 0 spiro atoms. The molecule has 0 aliphatic carbocycles. The fourth-order valence-electron chi connectivity index (χ4n) is 2.87. The monoisotopic (exact) mass is 398 g/mol. The molecule has 1 amide bonds. The zero-order valence-electron chi connectivity index (χ0n) is 16.0. The summed E-state index contributed by atoms with van der Waals surface area (Å²) in [5.41, 5.74) is 1.87. The Morgan fingerprint density at radius 2 is 1.68 bits per heavy atom. The van der Waals surface area contributed by atoms with Crippen LogP contribution in [0.4, 0.5) is 5.69 Å². The molecule has 6 nitrogen and oxygen atoms in total. The van der Waals surface area contributed by atoms with E-state index in [1.165, 1.54) is 16.4 Å². The number of amides is 1. The summed E-state index contributed by atoms with van der Waals surface area (Å²) in [4.78, 5) is 12.5. The number of furan rings is 1. The summed E-state index contributed by atoms with van der Waals surface area (Å²) in [6, 6.07) is 17.2. The molecule has 1 heterocycles. The van der Waals surface area contributed by atoms with Gasteiger partial charge in [-0.2, -0.15) is 4.31 Å². The van der Waals surface area contributed by atoms with Crippen LogP contribution in [0.2, 0.25) is 0 Å². The Kier molecular flexibility index (Phi) is 5.67. The van der Waals surface area contributed by atoms with Crippen molar-refractivity contribution in [1.29, 1.82) is 0 Å². The van der Waals surface area contributed by atoms with Crippen LogP contribution < -0.4 is 5.32 Å². The third-order valence-corrected chi connectivity index (χ3v) is 6.17. The van der Waals surface area contributed by atoms with Crippen LogP contribution in [-0.2, 0) is 16.6 Å². The number of aryl methyl sites for hydroxylation is 2. The van der Waals surface area contributed by atoms with Crippen molar-refractivity contribution in [3.63, 3.8) is 0 Å². The normalized spacial score (nSPS) is 11.6. The second-order valence-corrected chi connectivity index (χ2v) is 8.60. The molecule has 28 heavy (non-hydrogen) atoms. The number of nitrogens with one attached hydrogen (secondary N) is 1. The summed E-state index contributed by atoms with van der Waals surface area (Å²) in [6.45, 7) is 3.77. The van der Waals surface area contributed by atoms with Crippen LogP contribution in [-0.4, -0.2) is 25.7 Å². The molecular weight excluding hydrogens is 376 g/mol. The Bertz CT molecular complexity index is 1070. The Balaban J connectivity index is 1.72. The van der Waals surface area contributed by atoms with Crippen molar-refractivity contribution in [2.24, 2.45) is 0 Å². The first kappa shape index (κ1) is 19.9. The molecule has 0 atom stereocenters. The van der Waals surface area contributed by atoms with Gasteiger partial charge in [-0.3, -0.25) is 4.79 Å². The molecule has 0 radical (unpaired) electrons. The van der Waals surface area contributed by atoms with E-state index in [0.29, 0.717) is 22.8 Å². The summed E-state index contributed by atoms with van der Waals surface area (Å²) >= 11 is 0. The number of sulfonamides is 1. The summed E-state index contributed by atoms with van der Waals surface area (Å²) in [5.74, 6) is 0.897. The van der Waals surface area contributed by atoms with Crippen molar-refractivity contribution in [1.82, 2.24) is 4.31 Å². The van der Waals surface area contributed by atoms with Crippen LogP contribution >= 0.6 is 0 Å². The van der Waals surface area contributed by atoms with Gasteiger partial charge in [0.2, 0.25) is 10.0 Å². The van der Waals surface area contributed by atoms with E-state index in [0.717, 1.165) is 5.56 Å². The lowest BCUT2D eigenvalue weighted by Gasteiger charge is -2.17. The number of anilines is 1. The average molecular weight is 398 g/mol. The van der Waals surface area contributed by atoms with E-state index in [1.54, 1.807) is 39.1 Å². The van der Waals surface area contributed by atoms with Crippen LogP contribution in [0.1, 0.15) is 27.4 Å². The van der Waals surface area contributed by atoms with Gasteiger partial charge in [-0.25, -0.2) is 8.42 Å². The van der Waals surface area contributed by atoms with Crippen molar-refractivity contribution in [3.05, 3.63) is 83.3 Å². The van der Waals surface area contributed by atoms with Gasteiger partial charge in [-0.05, 0) is 49.7 Å². The molecule has 3 rings (SSSR count). The zero-order valence-corrected chi connectivity index (χ0v) is 16.8. The Morgan fingerprint density at radius 1 is 1.04 bits per heavy atom. The first-order valence-electron chi connectivity index (χ1n) is 8.76. The van der Waals surface area contributed by atoms with Crippen molar-refractivity contribution < 1.29 is 17.6 Å². The highest BCUT2D eigenvalue weighted by Crippen LogP contribution is 2.21. The number of nitrogens with zero attached hydrogens (tertiary/aromatic N) is 1. The van der Waals surface area contributed by atoms with Gasteiger partial charge in [-0.1, -0.05) is 30.3 Å². The molecule has 0 bridgehead atoms. The fraction of sp³-hybridized carbons (Fsp3) is 0.190. The van der Waals surface area contributed by atoms with Crippen molar-refractivity contribution in [3.8, 4) is 0 Å². The average Bonchev–Trinajstić information content (AvgIpc) is 3.01. The third kappa shape index (κ3) is 4.32. The zero-order chi connectivity index (χ0) is 20.3. The minimum atomic E-state index is -3.63. The molecule has 0 unspecified atom stereocenters. The molecule has 0 saturated carbocycles. The van der Waals surface area contributed by atoms with E-state index in [-0.39, 0.29) is 17.3 Å². The maximum atomic E-state index is 12.8. The SMILES string of the molecule is Cc1cc(C(=O)Nc2ccc(S(=O)(=O)N(C)Cc3ccccc3)cc2)c(C)o1. The molecule has 3 aromatic rings. The van der Waals surface area contributed by atoms with Gasteiger partial charge in [0.15, 0.2) is 0 Å². The van der Waals surface area contributed by atoms with Crippen LogP contribution in [0.3, 0.4) is 0 Å². The fourth-order valence-corrected chi connectivity index (χ4v) is 4.03. The molecule has 0 fully saturated rings. The molecule has 0 aliphatic rings. The van der Waals surface area contributed by atoms with Gasteiger partial charge in [0.05, 0.1) is 10.5 Å². The van der Waals surface area contributed by atoms with Gasteiger partial charge in [0, 0.05) is 19.3 Å². The van der Waals surface area contributed by atoms with Crippen LogP contribution in [0.25, 0.3) is 0 Å². The molecular formula is C21H22N2O4S. The number of carbonyl (C=O) groups is 1. The second-order valence-electron chi connectivity index (χ2n) is 6.55. The highest BCUT2D eigenvalue weighted by atomic mass is 32.2. The highest BCUT2D eigenvalue weighted by Gasteiger charge is 2.21. The molecule has 0 aliphatic heterocycles. The lowest BCUT2D eigenvalue weighted by atomic mass is 10.2. The number of benzene rings is 2. The number of carbonyl (C=O) groups excluding carboxylic acids is 1. The number of rotatable bonds is 6. The largest absolute Gasteiger partial charge is 0.466 e. The lowest BCUT2D eigenvalue weighted by Crippen LogP contribution is -2.26. The van der Waals surface area contributed by atoms with Gasteiger partial charge in [0.25, 0.3) is 5.91 Å². The first-order valence-corrected chi connectivity index (χ1v) is 10.2. The standard InChI is InChI=1S/C21H22N2O4S/c1-15-13-20(16(2)27-15)21(24)22-18-9-11-19(12-10-18)28(25,26)23(3)14-17-7-5-4-6-8-17/h4-13H,14H2,1-3H3,(H,22,24). The smallest absolute Gasteiger partial charge is 0.259 e. The minimum absolute atomic E-state index is 0.166. The van der Waals surface area contributed by atoms with E-state index in [1.807, 2.05) is 30.3 Å². The predicted molar refractivity (Wildman–Crippen MR) is 108 cm³/mol. The van der Waals surface area contributed by atoms with Gasteiger partial charge >= 0.3 is 0 Å². The van der Waals surface area contributed by atoms with E-state index in [2.05, 4.69) is 5.32 Å². The van der Waals surface area contributed by atoms with Crippen LogP contribution in [0.5, 0.6) is 0 Å². The van der Waals surface area contributed by atoms with Gasteiger partial charge in [0.1, 0.15) is 11.5 Å². The first-order chi connectivity index (χ1) is 13.3. The summed E-state index contributed by atoms with van der Waals surface area (Å²) in [6.07, 6.45) is 0. The Morgan fingerprint density at radius 3 is 2.25 bits per heavy atom. The topological polar surface area (TPSA) is 79.6 Å². The molecule has 2 aromatic carbocycles. The second kappa shape index (κ2) is 8.00. The van der Waals surface area contributed by atoms with E-state index in [4.69, 9.17) is 4.42 Å². The molecule has 0 saturated heterocycles. The summed E-state index contributed by atoms with van der Waals surface area (Å²) in [5, 5.41) is 2.75. The molecule has 1 N–H and O–H groups in total. The van der Waals surface area contributed by atoms with Crippen molar-refractivity contribution in [2.45, 2.75) is 25.3 Å². The maximum Gasteiger partial charge on any atom is 0.259 e. The van der Waals surface area contributed by atoms with Crippen molar-refractivity contribution in [2.75, 3.05) is 12.4 Å². The van der Waals surface area contributed by atoms with E-state index >= 15 is 0 Å². The highest BCUT2D eigenvalue weighted by molar-refractivity contribution is 7.89. The van der Waals surface area contributed by atoms with E-state index < -0.39 is 10.0 Å². The molecule has 1 aromatic heterocycles. The van der Waals surface area contributed by atoms with Gasteiger partial charge in [-0.15, -0.1) is 0 Å². The summed E-state index contributed by atoms with van der Waals surface area (Å²) < 4.78 is 32.2. The lowest BCUT2D eigenvalue weighted by molar-refractivity contribution is 0.102. The van der Waals surface area contributed by atoms with Gasteiger partial charge < -0.3 is 9.73 Å². The van der Waals surface area contributed by atoms with Crippen LogP contribution in [0, 0.1) is 13.8 Å². The minimum Gasteiger partial charge on any atom is -0.466 e. The van der Waals surface area contributed by atoms with E-state index in [9.17, 15) is 13.2 Å².